The Morgan fingerprint density at radius 1 is 0.947 bits per heavy atom. The van der Waals surface area contributed by atoms with Gasteiger partial charge in [-0.25, -0.2) is 23.1 Å². The molecule has 0 N–H and O–H groups in total. The summed E-state index contributed by atoms with van der Waals surface area (Å²) in [6.45, 7) is 2.30. The Balaban J connectivity index is 1.31. The third-order valence-corrected chi connectivity index (χ3v) is 7.69. The molecule has 1 fully saturated rings. The highest BCUT2D eigenvalue weighted by molar-refractivity contribution is 7.90. The van der Waals surface area contributed by atoms with E-state index in [9.17, 15) is 13.2 Å². The van der Waals surface area contributed by atoms with Crippen molar-refractivity contribution in [1.29, 1.82) is 0 Å². The van der Waals surface area contributed by atoms with Crippen LogP contribution in [0.5, 0.6) is 5.75 Å². The van der Waals surface area contributed by atoms with E-state index < -0.39 is 9.84 Å². The Kier molecular flexibility index (Phi) is 7.35. The summed E-state index contributed by atoms with van der Waals surface area (Å²) in [6.07, 6.45) is 6.73. The number of sulfone groups is 1. The highest BCUT2D eigenvalue weighted by atomic mass is 32.2. The van der Waals surface area contributed by atoms with Gasteiger partial charge < -0.3 is 9.64 Å². The Labute approximate surface area is 221 Å². The average Bonchev–Trinajstić information content (AvgIpc) is 2.91. The molecule has 2 aromatic carbocycles. The zero-order chi connectivity index (χ0) is 26.7. The van der Waals surface area contributed by atoms with Crippen LogP contribution in [0.1, 0.15) is 18.4 Å². The summed E-state index contributed by atoms with van der Waals surface area (Å²) in [4.78, 5) is 24.1. The molecule has 0 radical (unpaired) electrons. The lowest BCUT2D eigenvalue weighted by atomic mass is 10.1. The van der Waals surface area contributed by atoms with Gasteiger partial charge in [0.1, 0.15) is 6.10 Å². The Hall–Kier alpha value is -3.89. The largest absolute Gasteiger partial charge is 0.487 e. The van der Waals surface area contributed by atoms with Gasteiger partial charge in [0, 0.05) is 36.5 Å². The highest BCUT2D eigenvalue weighted by Gasteiger charge is 2.18. The molecule has 38 heavy (non-hydrogen) atoms. The van der Waals surface area contributed by atoms with Gasteiger partial charge in [0.15, 0.2) is 21.4 Å². The predicted molar refractivity (Wildman–Crippen MR) is 145 cm³/mol. The first-order chi connectivity index (χ1) is 18.2. The first-order valence-corrected chi connectivity index (χ1v) is 14.3. The van der Waals surface area contributed by atoms with E-state index in [2.05, 4.69) is 27.0 Å². The Bertz CT molecular complexity index is 1580. The number of aromatic nitrogens is 4. The van der Waals surface area contributed by atoms with Crippen LogP contribution >= 0.6 is 0 Å². The lowest BCUT2D eigenvalue weighted by Gasteiger charge is -2.29. The van der Waals surface area contributed by atoms with E-state index in [4.69, 9.17) is 4.74 Å². The molecule has 1 aliphatic heterocycles. The number of hydrogen-bond donors (Lipinski definition) is 0. The number of benzene rings is 2. The van der Waals surface area contributed by atoms with Crippen LogP contribution in [0.25, 0.3) is 22.6 Å². The summed E-state index contributed by atoms with van der Waals surface area (Å²) in [5.74, 6) is 1.24. The molecule has 0 aliphatic carbocycles. The third-order valence-electron chi connectivity index (χ3n) is 6.56. The number of hydrogen-bond acceptors (Lipinski definition) is 8. The zero-order valence-electron chi connectivity index (χ0n) is 21.3. The summed E-state index contributed by atoms with van der Waals surface area (Å²) < 4.78 is 30.9. The maximum Gasteiger partial charge on any atom is 0.267 e. The fraction of sp³-hybridized carbons (Fsp3) is 0.286. The molecule has 4 aromatic rings. The summed E-state index contributed by atoms with van der Waals surface area (Å²) in [6, 6.07) is 17.2. The van der Waals surface area contributed by atoms with Gasteiger partial charge in [0.05, 0.1) is 29.5 Å². The van der Waals surface area contributed by atoms with Crippen LogP contribution in [0.15, 0.2) is 82.7 Å². The van der Waals surface area contributed by atoms with Crippen molar-refractivity contribution in [3.8, 4) is 28.4 Å². The molecule has 1 aliphatic rings. The van der Waals surface area contributed by atoms with Crippen molar-refractivity contribution in [2.45, 2.75) is 30.4 Å². The normalized spacial score (nSPS) is 14.9. The number of rotatable bonds is 7. The second-order valence-corrected chi connectivity index (χ2v) is 11.6. The predicted octanol–water partition coefficient (Wildman–Crippen LogP) is 3.29. The van der Waals surface area contributed by atoms with Gasteiger partial charge in [0.2, 0.25) is 0 Å². The number of likely N-dealkylation sites (tertiary alicyclic amines) is 1. The van der Waals surface area contributed by atoms with Crippen LogP contribution in [0.2, 0.25) is 0 Å². The third kappa shape index (κ3) is 6.15. The van der Waals surface area contributed by atoms with Gasteiger partial charge in [-0.1, -0.05) is 30.3 Å². The molecular weight excluding hydrogens is 502 g/mol. The van der Waals surface area contributed by atoms with Crippen molar-refractivity contribution in [2.24, 2.45) is 0 Å². The molecule has 0 atom stereocenters. The fourth-order valence-corrected chi connectivity index (χ4v) is 5.02. The minimum absolute atomic E-state index is 0.183. The molecule has 10 heteroatoms. The van der Waals surface area contributed by atoms with E-state index in [1.54, 1.807) is 30.6 Å². The highest BCUT2D eigenvalue weighted by Crippen LogP contribution is 2.22. The molecule has 0 bridgehead atoms. The van der Waals surface area contributed by atoms with Crippen molar-refractivity contribution < 1.29 is 13.2 Å². The summed E-state index contributed by atoms with van der Waals surface area (Å²) in [5, 5.41) is 4.51. The summed E-state index contributed by atoms with van der Waals surface area (Å²) in [7, 11) is -1.17. The van der Waals surface area contributed by atoms with Gasteiger partial charge in [-0.3, -0.25) is 4.79 Å². The van der Waals surface area contributed by atoms with Crippen molar-refractivity contribution >= 4 is 9.84 Å². The van der Waals surface area contributed by atoms with Gasteiger partial charge in [0.25, 0.3) is 5.56 Å². The van der Waals surface area contributed by atoms with E-state index in [1.807, 2.05) is 24.3 Å². The van der Waals surface area contributed by atoms with E-state index >= 15 is 0 Å². The van der Waals surface area contributed by atoms with Crippen molar-refractivity contribution in [1.82, 2.24) is 24.6 Å². The van der Waals surface area contributed by atoms with E-state index in [0.717, 1.165) is 48.9 Å². The van der Waals surface area contributed by atoms with Crippen LogP contribution in [-0.2, 0) is 16.4 Å². The molecule has 0 saturated carbocycles. The summed E-state index contributed by atoms with van der Waals surface area (Å²) >= 11 is 0. The van der Waals surface area contributed by atoms with Crippen LogP contribution < -0.4 is 10.3 Å². The lowest BCUT2D eigenvalue weighted by molar-refractivity contribution is 0.113. The molecule has 196 valence electrons. The molecule has 0 amide bonds. The van der Waals surface area contributed by atoms with Crippen LogP contribution in [-0.4, -0.2) is 65.6 Å². The summed E-state index contributed by atoms with van der Waals surface area (Å²) in [5.41, 5.74) is 2.75. The van der Waals surface area contributed by atoms with Gasteiger partial charge in [-0.15, -0.1) is 0 Å². The number of ether oxygens (including phenoxy) is 1. The number of nitrogens with zero attached hydrogens (tertiary/aromatic N) is 5. The monoisotopic (exact) mass is 531 g/mol. The second kappa shape index (κ2) is 10.8. The maximum absolute atomic E-state index is 12.5. The topological polar surface area (TPSA) is 107 Å². The smallest absolute Gasteiger partial charge is 0.267 e. The quantitative estimate of drug-likeness (QED) is 0.358. The van der Waals surface area contributed by atoms with E-state index in [-0.39, 0.29) is 23.1 Å². The van der Waals surface area contributed by atoms with Gasteiger partial charge in [-0.05, 0) is 49.7 Å². The van der Waals surface area contributed by atoms with Crippen LogP contribution in [0.3, 0.4) is 0 Å². The van der Waals surface area contributed by atoms with Gasteiger partial charge >= 0.3 is 0 Å². The Morgan fingerprint density at radius 2 is 1.66 bits per heavy atom. The molecular formula is C28H29N5O4S. The lowest BCUT2D eigenvalue weighted by Crippen LogP contribution is -2.35. The van der Waals surface area contributed by atoms with Crippen molar-refractivity contribution in [2.75, 3.05) is 26.4 Å². The molecule has 5 rings (SSSR count). The molecule has 2 aromatic heterocycles. The first-order valence-electron chi connectivity index (χ1n) is 12.4. The van der Waals surface area contributed by atoms with Crippen LogP contribution in [0.4, 0.5) is 0 Å². The van der Waals surface area contributed by atoms with Crippen LogP contribution in [0, 0.1) is 0 Å². The molecule has 9 nitrogen and oxygen atoms in total. The standard InChI is InChI=1S/C28H29N5O4S/c1-32-14-12-23(13-15-32)37-24-17-29-28(30-18-24)22-5-3-4-20(16-22)19-33-27(34)11-10-26(31-33)21-6-8-25(9-7-21)38(2,35)36/h3-11,16-18,23H,12-15,19H2,1-2H3. The van der Waals surface area contributed by atoms with E-state index in [0.29, 0.717) is 17.3 Å². The molecule has 0 spiro atoms. The van der Waals surface area contributed by atoms with Crippen molar-refractivity contribution in [3.63, 3.8) is 0 Å². The SMILES string of the molecule is CN1CCC(Oc2cnc(-c3cccc(Cn4nc(-c5ccc(S(C)(=O)=O)cc5)ccc4=O)c3)nc2)CC1. The molecule has 3 heterocycles. The Morgan fingerprint density at radius 3 is 2.34 bits per heavy atom. The molecule has 0 unspecified atom stereocenters. The minimum Gasteiger partial charge on any atom is -0.487 e. The van der Waals surface area contributed by atoms with Gasteiger partial charge in [-0.2, -0.15) is 5.10 Å². The maximum atomic E-state index is 12.5. The minimum atomic E-state index is -3.29. The van der Waals surface area contributed by atoms with Crippen molar-refractivity contribution in [3.05, 3.63) is 89.0 Å². The average molecular weight is 532 g/mol. The second-order valence-electron chi connectivity index (χ2n) is 9.57. The first kappa shape index (κ1) is 25.7. The number of piperidine rings is 1. The zero-order valence-corrected chi connectivity index (χ0v) is 22.1. The molecule has 1 saturated heterocycles. The fourth-order valence-electron chi connectivity index (χ4n) is 4.39. The van der Waals surface area contributed by atoms with E-state index in [1.165, 1.54) is 22.9 Å².